The van der Waals surface area contributed by atoms with Crippen molar-refractivity contribution < 1.29 is 14.6 Å². The summed E-state index contributed by atoms with van der Waals surface area (Å²) in [7, 11) is 0. The molecule has 0 aromatic heterocycles. The molecule has 20 heavy (non-hydrogen) atoms. The fourth-order valence-corrected chi connectivity index (χ4v) is 2.84. The Bertz CT molecular complexity index is 459. The number of aliphatic hydroxyl groups excluding tert-OH is 1. The van der Waals surface area contributed by atoms with Gasteiger partial charge in [-0.25, -0.2) is 0 Å². The van der Waals surface area contributed by atoms with E-state index in [2.05, 4.69) is 11.8 Å². The number of fused-ring (bicyclic) bond motifs is 1. The average Bonchev–Trinajstić information content (AvgIpc) is 2.88. The summed E-state index contributed by atoms with van der Waals surface area (Å²) in [5.41, 5.74) is 0.904. The van der Waals surface area contributed by atoms with Crippen molar-refractivity contribution in [3.05, 3.63) is 23.8 Å². The summed E-state index contributed by atoms with van der Waals surface area (Å²) in [6.45, 7) is 5.21. The van der Waals surface area contributed by atoms with Crippen molar-refractivity contribution in [3.8, 4) is 11.5 Å². The maximum atomic E-state index is 10.4. The molecule has 3 rings (SSSR count). The molecule has 4 nitrogen and oxygen atoms in total. The van der Waals surface area contributed by atoms with Gasteiger partial charge in [0.2, 0.25) is 6.79 Å². The zero-order valence-corrected chi connectivity index (χ0v) is 12.0. The third-order valence-corrected chi connectivity index (χ3v) is 4.40. The van der Waals surface area contributed by atoms with Crippen LogP contribution in [0.25, 0.3) is 0 Å². The molecular formula is C16H23NO3. The smallest absolute Gasteiger partial charge is 0.231 e. The second kappa shape index (κ2) is 6.02. The Morgan fingerprint density at radius 2 is 2.10 bits per heavy atom. The molecule has 1 fully saturated rings. The van der Waals surface area contributed by atoms with Crippen molar-refractivity contribution in [1.82, 2.24) is 4.90 Å². The molecule has 1 aliphatic carbocycles. The SMILES string of the molecule is CCN(CC1CCC1)CC(O)c1ccc2c(c1)OCO2. The number of aliphatic hydroxyl groups is 1. The molecule has 1 aromatic rings. The molecule has 1 atom stereocenters. The molecule has 4 heteroatoms. The van der Waals surface area contributed by atoms with Gasteiger partial charge in [0.25, 0.3) is 0 Å². The number of ether oxygens (including phenoxy) is 2. The summed E-state index contributed by atoms with van der Waals surface area (Å²) in [5.74, 6) is 2.34. The minimum atomic E-state index is -0.468. The molecule has 1 N–H and O–H groups in total. The largest absolute Gasteiger partial charge is 0.454 e. The summed E-state index contributed by atoms with van der Waals surface area (Å²) in [4.78, 5) is 2.35. The average molecular weight is 277 g/mol. The predicted molar refractivity (Wildman–Crippen MR) is 77.0 cm³/mol. The van der Waals surface area contributed by atoms with Gasteiger partial charge in [-0.15, -0.1) is 0 Å². The molecule has 1 aliphatic heterocycles. The molecule has 0 radical (unpaired) electrons. The quantitative estimate of drug-likeness (QED) is 0.868. The van der Waals surface area contributed by atoms with E-state index in [1.54, 1.807) is 0 Å². The van der Waals surface area contributed by atoms with Crippen molar-refractivity contribution in [3.63, 3.8) is 0 Å². The van der Waals surface area contributed by atoms with E-state index in [0.717, 1.165) is 36.1 Å². The molecule has 0 spiro atoms. The van der Waals surface area contributed by atoms with E-state index in [1.807, 2.05) is 18.2 Å². The van der Waals surface area contributed by atoms with Crippen LogP contribution in [0.4, 0.5) is 0 Å². The van der Waals surface area contributed by atoms with Gasteiger partial charge in [0.15, 0.2) is 11.5 Å². The molecule has 1 saturated carbocycles. The Morgan fingerprint density at radius 3 is 2.80 bits per heavy atom. The van der Waals surface area contributed by atoms with E-state index < -0.39 is 6.10 Å². The fraction of sp³-hybridized carbons (Fsp3) is 0.625. The first kappa shape index (κ1) is 13.7. The summed E-state index contributed by atoms with van der Waals surface area (Å²) >= 11 is 0. The first-order valence-electron chi connectivity index (χ1n) is 7.56. The predicted octanol–water partition coefficient (Wildman–Crippen LogP) is 2.57. The van der Waals surface area contributed by atoms with Gasteiger partial charge in [-0.2, -0.15) is 0 Å². The van der Waals surface area contributed by atoms with Crippen LogP contribution in [0.2, 0.25) is 0 Å². The maximum Gasteiger partial charge on any atom is 0.231 e. The summed E-state index contributed by atoms with van der Waals surface area (Å²) in [6.07, 6.45) is 3.59. The number of hydrogen-bond acceptors (Lipinski definition) is 4. The lowest BCUT2D eigenvalue weighted by molar-refractivity contribution is 0.0939. The highest BCUT2D eigenvalue weighted by molar-refractivity contribution is 5.45. The van der Waals surface area contributed by atoms with Gasteiger partial charge in [0.05, 0.1) is 6.10 Å². The third kappa shape index (κ3) is 2.91. The van der Waals surface area contributed by atoms with Crippen molar-refractivity contribution in [2.24, 2.45) is 5.92 Å². The van der Waals surface area contributed by atoms with Crippen molar-refractivity contribution >= 4 is 0 Å². The Kier molecular flexibility index (Phi) is 4.13. The molecule has 2 aliphatic rings. The van der Waals surface area contributed by atoms with E-state index in [1.165, 1.54) is 19.3 Å². The summed E-state index contributed by atoms with van der Waals surface area (Å²) in [6, 6.07) is 5.70. The van der Waals surface area contributed by atoms with E-state index >= 15 is 0 Å². The topological polar surface area (TPSA) is 41.9 Å². The van der Waals surface area contributed by atoms with Crippen molar-refractivity contribution in [2.75, 3.05) is 26.4 Å². The first-order chi connectivity index (χ1) is 9.76. The van der Waals surface area contributed by atoms with E-state index in [0.29, 0.717) is 6.54 Å². The number of benzene rings is 1. The van der Waals surface area contributed by atoms with Gasteiger partial charge >= 0.3 is 0 Å². The molecule has 0 saturated heterocycles. The minimum Gasteiger partial charge on any atom is -0.454 e. The molecule has 0 bridgehead atoms. The van der Waals surface area contributed by atoms with Gasteiger partial charge in [-0.05, 0) is 43.0 Å². The van der Waals surface area contributed by atoms with Crippen molar-refractivity contribution in [2.45, 2.75) is 32.3 Å². The molecule has 1 aromatic carbocycles. The van der Waals surface area contributed by atoms with Gasteiger partial charge in [0, 0.05) is 13.1 Å². The molecule has 1 unspecified atom stereocenters. The van der Waals surface area contributed by atoms with Crippen molar-refractivity contribution in [1.29, 1.82) is 0 Å². The van der Waals surface area contributed by atoms with Gasteiger partial charge in [-0.3, -0.25) is 0 Å². The van der Waals surface area contributed by atoms with E-state index in [9.17, 15) is 5.11 Å². The van der Waals surface area contributed by atoms with Crippen LogP contribution in [0.5, 0.6) is 11.5 Å². The lowest BCUT2D eigenvalue weighted by Gasteiger charge is -2.32. The molecular weight excluding hydrogens is 254 g/mol. The lowest BCUT2D eigenvalue weighted by Crippen LogP contribution is -2.35. The zero-order chi connectivity index (χ0) is 13.9. The first-order valence-corrected chi connectivity index (χ1v) is 7.56. The van der Waals surface area contributed by atoms with Crippen LogP contribution < -0.4 is 9.47 Å². The van der Waals surface area contributed by atoms with Gasteiger partial charge in [-0.1, -0.05) is 19.4 Å². The van der Waals surface area contributed by atoms with Gasteiger partial charge in [0.1, 0.15) is 0 Å². The fourth-order valence-electron chi connectivity index (χ4n) is 2.84. The highest BCUT2D eigenvalue weighted by Gasteiger charge is 2.22. The monoisotopic (exact) mass is 277 g/mol. The third-order valence-electron chi connectivity index (χ3n) is 4.40. The van der Waals surface area contributed by atoms with Crippen LogP contribution in [0.15, 0.2) is 18.2 Å². The summed E-state index contributed by atoms with van der Waals surface area (Å²) < 4.78 is 10.7. The van der Waals surface area contributed by atoms with E-state index in [-0.39, 0.29) is 6.79 Å². The second-order valence-electron chi connectivity index (χ2n) is 5.78. The highest BCUT2D eigenvalue weighted by atomic mass is 16.7. The van der Waals surface area contributed by atoms with Crippen LogP contribution in [-0.2, 0) is 0 Å². The Labute approximate surface area is 120 Å². The number of likely N-dealkylation sites (N-methyl/N-ethyl adjacent to an activating group) is 1. The Balaban J connectivity index is 1.60. The Morgan fingerprint density at radius 1 is 1.30 bits per heavy atom. The zero-order valence-electron chi connectivity index (χ0n) is 12.0. The van der Waals surface area contributed by atoms with Crippen LogP contribution in [0, 0.1) is 5.92 Å². The maximum absolute atomic E-state index is 10.4. The van der Waals surface area contributed by atoms with Crippen LogP contribution >= 0.6 is 0 Å². The van der Waals surface area contributed by atoms with Crippen LogP contribution in [0.3, 0.4) is 0 Å². The number of hydrogen-bond donors (Lipinski definition) is 1. The molecule has 110 valence electrons. The minimum absolute atomic E-state index is 0.275. The number of rotatable bonds is 6. The van der Waals surface area contributed by atoms with Crippen LogP contribution in [0.1, 0.15) is 37.9 Å². The highest BCUT2D eigenvalue weighted by Crippen LogP contribution is 2.34. The van der Waals surface area contributed by atoms with Gasteiger partial charge < -0.3 is 19.5 Å². The molecule has 0 amide bonds. The molecule has 1 heterocycles. The standard InChI is InChI=1S/C16H23NO3/c1-2-17(9-12-4-3-5-12)10-14(18)13-6-7-15-16(8-13)20-11-19-15/h6-8,12,14,18H,2-5,9-11H2,1H3. The van der Waals surface area contributed by atoms with Crippen LogP contribution in [-0.4, -0.2) is 36.4 Å². The summed E-state index contributed by atoms with van der Waals surface area (Å²) in [5, 5.41) is 10.4. The van der Waals surface area contributed by atoms with E-state index in [4.69, 9.17) is 9.47 Å². The second-order valence-corrected chi connectivity index (χ2v) is 5.78. The Hall–Kier alpha value is -1.26. The lowest BCUT2D eigenvalue weighted by atomic mass is 9.85. The number of nitrogens with zero attached hydrogens (tertiary/aromatic N) is 1. The normalized spacial score (nSPS) is 19.1.